The van der Waals surface area contributed by atoms with Gasteiger partial charge in [-0.1, -0.05) is 12.1 Å². The quantitative estimate of drug-likeness (QED) is 0.819. The molecule has 1 unspecified atom stereocenters. The van der Waals surface area contributed by atoms with Crippen LogP contribution < -0.4 is 5.32 Å². The van der Waals surface area contributed by atoms with Gasteiger partial charge in [0.2, 0.25) is 0 Å². The average molecular weight is 245 g/mol. The second-order valence-electron chi connectivity index (χ2n) is 4.32. The highest BCUT2D eigenvalue weighted by atomic mass is 16.4. The van der Waals surface area contributed by atoms with Gasteiger partial charge in [-0.3, -0.25) is 4.90 Å². The fraction of sp³-hybridized carbons (Fsp3) is 0.385. The van der Waals surface area contributed by atoms with Crippen molar-refractivity contribution in [1.29, 1.82) is 5.26 Å². The van der Waals surface area contributed by atoms with E-state index in [2.05, 4.69) is 16.3 Å². The van der Waals surface area contributed by atoms with Crippen molar-refractivity contribution in [2.45, 2.75) is 12.6 Å². The van der Waals surface area contributed by atoms with Crippen molar-refractivity contribution in [2.24, 2.45) is 0 Å². The molecule has 1 aliphatic rings. The minimum atomic E-state index is -0.918. The fourth-order valence-corrected chi connectivity index (χ4v) is 2.05. The molecule has 0 saturated carbocycles. The number of nitriles is 1. The summed E-state index contributed by atoms with van der Waals surface area (Å²) >= 11 is 0. The monoisotopic (exact) mass is 245 g/mol. The van der Waals surface area contributed by atoms with Crippen LogP contribution >= 0.6 is 0 Å². The zero-order valence-corrected chi connectivity index (χ0v) is 9.97. The first-order valence-corrected chi connectivity index (χ1v) is 5.87. The molecule has 1 atom stereocenters. The molecule has 0 bridgehead atoms. The first-order chi connectivity index (χ1) is 8.70. The summed E-state index contributed by atoms with van der Waals surface area (Å²) in [7, 11) is 0. The van der Waals surface area contributed by atoms with Crippen LogP contribution in [0.4, 0.5) is 0 Å². The van der Waals surface area contributed by atoms with E-state index >= 15 is 0 Å². The minimum absolute atomic E-state index is 0.113. The molecule has 5 heteroatoms. The lowest BCUT2D eigenvalue weighted by Gasteiger charge is -2.31. The lowest BCUT2D eigenvalue weighted by atomic mass is 10.1. The highest BCUT2D eigenvalue weighted by Crippen LogP contribution is 2.11. The lowest BCUT2D eigenvalue weighted by molar-refractivity contribution is 0.0697. The minimum Gasteiger partial charge on any atom is -0.478 e. The molecule has 1 aromatic rings. The van der Waals surface area contributed by atoms with Gasteiger partial charge in [0.1, 0.15) is 6.04 Å². The van der Waals surface area contributed by atoms with Gasteiger partial charge in [-0.2, -0.15) is 5.26 Å². The largest absolute Gasteiger partial charge is 0.478 e. The Morgan fingerprint density at radius 2 is 2.22 bits per heavy atom. The SMILES string of the molecule is N#CC1CNCCN1Cc1ccc(C(=O)O)cc1. The molecule has 1 saturated heterocycles. The first-order valence-electron chi connectivity index (χ1n) is 5.87. The molecule has 1 aliphatic heterocycles. The van der Waals surface area contributed by atoms with Gasteiger partial charge in [0.15, 0.2) is 0 Å². The third kappa shape index (κ3) is 2.86. The zero-order valence-electron chi connectivity index (χ0n) is 9.97. The van der Waals surface area contributed by atoms with E-state index in [1.54, 1.807) is 24.3 Å². The van der Waals surface area contributed by atoms with E-state index < -0.39 is 5.97 Å². The first kappa shape index (κ1) is 12.6. The molecule has 1 aromatic carbocycles. The van der Waals surface area contributed by atoms with Gasteiger partial charge < -0.3 is 10.4 Å². The highest BCUT2D eigenvalue weighted by molar-refractivity contribution is 5.87. The second-order valence-corrected chi connectivity index (χ2v) is 4.32. The van der Waals surface area contributed by atoms with Crippen molar-refractivity contribution in [2.75, 3.05) is 19.6 Å². The van der Waals surface area contributed by atoms with Crippen LogP contribution in [-0.4, -0.2) is 41.7 Å². The van der Waals surface area contributed by atoms with Gasteiger partial charge in [0.05, 0.1) is 11.6 Å². The summed E-state index contributed by atoms with van der Waals surface area (Å²) in [4.78, 5) is 12.8. The zero-order chi connectivity index (χ0) is 13.0. The molecule has 2 N–H and O–H groups in total. The van der Waals surface area contributed by atoms with Crippen LogP contribution in [0.15, 0.2) is 24.3 Å². The Hall–Kier alpha value is -1.90. The van der Waals surface area contributed by atoms with E-state index in [0.717, 1.165) is 18.7 Å². The number of hydrogen-bond donors (Lipinski definition) is 2. The normalized spacial score (nSPS) is 20.3. The van der Waals surface area contributed by atoms with Gasteiger partial charge in [0.25, 0.3) is 0 Å². The molecule has 1 fully saturated rings. The highest BCUT2D eigenvalue weighted by Gasteiger charge is 2.21. The number of carboxylic acids is 1. The Morgan fingerprint density at radius 1 is 1.50 bits per heavy atom. The summed E-state index contributed by atoms with van der Waals surface area (Å²) in [5, 5.41) is 21.0. The van der Waals surface area contributed by atoms with Gasteiger partial charge in [-0.15, -0.1) is 0 Å². The molecule has 0 spiro atoms. The third-order valence-corrected chi connectivity index (χ3v) is 3.09. The van der Waals surface area contributed by atoms with Crippen LogP contribution in [0.25, 0.3) is 0 Å². The van der Waals surface area contributed by atoms with Crippen molar-refractivity contribution in [3.05, 3.63) is 35.4 Å². The second kappa shape index (κ2) is 5.63. The third-order valence-electron chi connectivity index (χ3n) is 3.09. The molecule has 0 radical (unpaired) electrons. The molecule has 0 amide bonds. The van der Waals surface area contributed by atoms with E-state index in [0.29, 0.717) is 13.1 Å². The maximum Gasteiger partial charge on any atom is 0.335 e. The van der Waals surface area contributed by atoms with Crippen molar-refractivity contribution >= 4 is 5.97 Å². The standard InChI is InChI=1S/C13H15N3O2/c14-7-12-8-15-5-6-16(12)9-10-1-3-11(4-2-10)13(17)18/h1-4,12,15H,5-6,8-9H2,(H,17,18). The summed E-state index contributed by atoms with van der Waals surface area (Å²) in [5.41, 5.74) is 1.32. The van der Waals surface area contributed by atoms with Gasteiger partial charge in [-0.05, 0) is 17.7 Å². The summed E-state index contributed by atoms with van der Waals surface area (Å²) in [6, 6.07) is 8.97. The van der Waals surface area contributed by atoms with Crippen LogP contribution in [0.3, 0.4) is 0 Å². The Labute approximate surface area is 106 Å². The number of nitrogens with one attached hydrogen (secondary N) is 1. The molecule has 0 aromatic heterocycles. The van der Waals surface area contributed by atoms with E-state index in [4.69, 9.17) is 10.4 Å². The van der Waals surface area contributed by atoms with Crippen molar-refractivity contribution in [1.82, 2.24) is 10.2 Å². The Kier molecular flexibility index (Phi) is 3.92. The molecule has 18 heavy (non-hydrogen) atoms. The summed E-state index contributed by atoms with van der Waals surface area (Å²) in [5.74, 6) is -0.918. The number of benzene rings is 1. The predicted octanol–water partition coefficient (Wildman–Crippen LogP) is 0.682. The fourth-order valence-electron chi connectivity index (χ4n) is 2.05. The van der Waals surface area contributed by atoms with Crippen LogP contribution in [0.5, 0.6) is 0 Å². The number of aromatic carboxylic acids is 1. The van der Waals surface area contributed by atoms with Crippen LogP contribution in [0.2, 0.25) is 0 Å². The molecule has 5 nitrogen and oxygen atoms in total. The summed E-state index contributed by atoms with van der Waals surface area (Å²) in [6.07, 6.45) is 0. The average Bonchev–Trinajstić information content (AvgIpc) is 2.40. The summed E-state index contributed by atoms with van der Waals surface area (Å²) in [6.45, 7) is 3.08. The van der Waals surface area contributed by atoms with Crippen LogP contribution in [0.1, 0.15) is 15.9 Å². The predicted molar refractivity (Wildman–Crippen MR) is 66.1 cm³/mol. The van der Waals surface area contributed by atoms with Crippen LogP contribution in [0, 0.1) is 11.3 Å². The van der Waals surface area contributed by atoms with Crippen molar-refractivity contribution < 1.29 is 9.90 Å². The summed E-state index contributed by atoms with van der Waals surface area (Å²) < 4.78 is 0. The number of nitrogens with zero attached hydrogens (tertiary/aromatic N) is 2. The number of hydrogen-bond acceptors (Lipinski definition) is 4. The molecule has 0 aliphatic carbocycles. The lowest BCUT2D eigenvalue weighted by Crippen LogP contribution is -2.49. The molecule has 94 valence electrons. The molecular formula is C13H15N3O2. The maximum absolute atomic E-state index is 10.7. The van der Waals surface area contributed by atoms with Gasteiger partial charge in [-0.25, -0.2) is 4.79 Å². The van der Waals surface area contributed by atoms with E-state index in [9.17, 15) is 4.79 Å². The van der Waals surface area contributed by atoms with Gasteiger partial charge in [0, 0.05) is 26.2 Å². The van der Waals surface area contributed by atoms with Crippen molar-refractivity contribution in [3.63, 3.8) is 0 Å². The Morgan fingerprint density at radius 3 is 2.83 bits per heavy atom. The number of carbonyl (C=O) groups is 1. The number of piperazine rings is 1. The topological polar surface area (TPSA) is 76.4 Å². The Bertz CT molecular complexity index is 464. The molecule has 1 heterocycles. The smallest absolute Gasteiger partial charge is 0.335 e. The van der Waals surface area contributed by atoms with Crippen LogP contribution in [-0.2, 0) is 6.54 Å². The van der Waals surface area contributed by atoms with Gasteiger partial charge >= 0.3 is 5.97 Å². The van der Waals surface area contributed by atoms with E-state index in [-0.39, 0.29) is 11.6 Å². The number of carboxylic acid groups (broad SMARTS) is 1. The number of rotatable bonds is 3. The van der Waals surface area contributed by atoms with E-state index in [1.807, 2.05) is 0 Å². The van der Waals surface area contributed by atoms with Crippen molar-refractivity contribution in [3.8, 4) is 6.07 Å². The Balaban J connectivity index is 2.04. The molecule has 2 rings (SSSR count). The molecular weight excluding hydrogens is 230 g/mol. The van der Waals surface area contributed by atoms with E-state index in [1.165, 1.54) is 0 Å². The maximum atomic E-state index is 10.7.